The Balaban J connectivity index is 3.64. The summed E-state index contributed by atoms with van der Waals surface area (Å²) in [6.07, 6.45) is -0.629. The molecule has 0 rings (SSSR count). The van der Waals surface area contributed by atoms with Gasteiger partial charge in [0.05, 0.1) is 32.0 Å². The number of methoxy groups -OCH3 is 1. The molecule has 0 aromatic carbocycles. The fourth-order valence-electron chi connectivity index (χ4n) is 1.24. The van der Waals surface area contributed by atoms with Crippen molar-refractivity contribution >= 4 is 5.91 Å². The van der Waals surface area contributed by atoms with Crippen LogP contribution in [0.15, 0.2) is 0 Å². The minimum absolute atomic E-state index is 0.0718. The van der Waals surface area contributed by atoms with Gasteiger partial charge < -0.3 is 25.2 Å². The lowest BCUT2D eigenvalue weighted by atomic mass is 10.2. The van der Waals surface area contributed by atoms with Crippen LogP contribution in [-0.2, 0) is 14.3 Å². The lowest BCUT2D eigenvalue weighted by Crippen LogP contribution is -2.47. The molecule has 0 spiro atoms. The number of carbonyl (C=O) groups is 1. The van der Waals surface area contributed by atoms with Crippen LogP contribution in [0.4, 0.5) is 0 Å². The molecule has 18 heavy (non-hydrogen) atoms. The van der Waals surface area contributed by atoms with Gasteiger partial charge in [-0.25, -0.2) is 0 Å². The summed E-state index contributed by atoms with van der Waals surface area (Å²) in [5.74, 6) is -0.0718. The Kier molecular flexibility index (Phi) is 9.86. The van der Waals surface area contributed by atoms with E-state index in [0.717, 1.165) is 0 Å². The number of amides is 1. The van der Waals surface area contributed by atoms with E-state index in [1.54, 1.807) is 14.0 Å². The minimum Gasteiger partial charge on any atom is -0.389 e. The third-order valence-electron chi connectivity index (χ3n) is 2.23. The van der Waals surface area contributed by atoms with E-state index in [1.807, 2.05) is 13.8 Å². The number of hydrogen-bond donors (Lipinski definition) is 3. The fourth-order valence-corrected chi connectivity index (χ4v) is 1.24. The van der Waals surface area contributed by atoms with Crippen molar-refractivity contribution in [1.29, 1.82) is 0 Å². The number of nitrogens with one attached hydrogen (secondary N) is 2. The molecule has 0 aromatic heterocycles. The molecule has 0 fully saturated rings. The maximum absolute atomic E-state index is 11.6. The summed E-state index contributed by atoms with van der Waals surface area (Å²) < 4.78 is 9.99. The first-order chi connectivity index (χ1) is 8.47. The minimum atomic E-state index is -0.629. The molecule has 0 aliphatic rings. The number of carbonyl (C=O) groups excluding carboxylic acids is 1. The summed E-state index contributed by atoms with van der Waals surface area (Å²) in [6, 6.07) is -0.218. The summed E-state index contributed by atoms with van der Waals surface area (Å²) in [5.41, 5.74) is 0. The fraction of sp³-hybridized carbons (Fsp3) is 0.917. The van der Waals surface area contributed by atoms with Gasteiger partial charge in [0, 0.05) is 19.7 Å². The second-order valence-electron chi connectivity index (χ2n) is 4.51. The molecular formula is C12H26N2O4. The van der Waals surface area contributed by atoms with Crippen molar-refractivity contribution < 1.29 is 19.4 Å². The van der Waals surface area contributed by atoms with Crippen LogP contribution in [0, 0.1) is 0 Å². The maximum atomic E-state index is 11.6. The molecule has 2 atom stereocenters. The molecule has 0 radical (unpaired) electrons. The monoisotopic (exact) mass is 262 g/mol. The number of rotatable bonds is 10. The molecule has 6 heteroatoms. The molecule has 0 aliphatic heterocycles. The van der Waals surface area contributed by atoms with Gasteiger partial charge in [0.15, 0.2) is 0 Å². The van der Waals surface area contributed by atoms with E-state index in [2.05, 4.69) is 10.6 Å². The van der Waals surface area contributed by atoms with Crippen molar-refractivity contribution in [2.24, 2.45) is 0 Å². The molecule has 6 nitrogen and oxygen atoms in total. The predicted octanol–water partition coefficient (Wildman–Crippen LogP) is -0.487. The Morgan fingerprint density at radius 3 is 2.50 bits per heavy atom. The highest BCUT2D eigenvalue weighted by molar-refractivity contribution is 5.81. The Labute approximate surface area is 109 Å². The number of aliphatic hydroxyl groups is 1. The van der Waals surface area contributed by atoms with Crippen LogP contribution < -0.4 is 10.6 Å². The summed E-state index contributed by atoms with van der Waals surface area (Å²) in [6.45, 7) is 7.08. The maximum Gasteiger partial charge on any atom is 0.237 e. The van der Waals surface area contributed by atoms with Gasteiger partial charge in [0.2, 0.25) is 5.91 Å². The average molecular weight is 262 g/mol. The third-order valence-corrected chi connectivity index (χ3v) is 2.23. The zero-order chi connectivity index (χ0) is 14.0. The van der Waals surface area contributed by atoms with E-state index >= 15 is 0 Å². The highest BCUT2D eigenvalue weighted by Gasteiger charge is 2.14. The van der Waals surface area contributed by atoms with Gasteiger partial charge in [0.25, 0.3) is 0 Å². The van der Waals surface area contributed by atoms with Crippen LogP contribution in [0.3, 0.4) is 0 Å². The van der Waals surface area contributed by atoms with Crippen LogP contribution in [0.25, 0.3) is 0 Å². The van der Waals surface area contributed by atoms with Gasteiger partial charge in [-0.3, -0.25) is 4.79 Å². The van der Waals surface area contributed by atoms with Gasteiger partial charge in [-0.2, -0.15) is 0 Å². The average Bonchev–Trinajstić information content (AvgIpc) is 2.30. The van der Waals surface area contributed by atoms with Crippen molar-refractivity contribution in [3.8, 4) is 0 Å². The van der Waals surface area contributed by atoms with E-state index < -0.39 is 6.10 Å². The molecular weight excluding hydrogens is 236 g/mol. The van der Waals surface area contributed by atoms with Gasteiger partial charge >= 0.3 is 0 Å². The largest absolute Gasteiger partial charge is 0.389 e. The SMILES string of the molecule is COCCOCC(O)CNC(C)C(=O)NC(C)C. The van der Waals surface area contributed by atoms with E-state index in [1.165, 1.54) is 0 Å². The van der Waals surface area contributed by atoms with E-state index in [-0.39, 0.29) is 24.6 Å². The molecule has 0 heterocycles. The van der Waals surface area contributed by atoms with Crippen molar-refractivity contribution in [3.63, 3.8) is 0 Å². The van der Waals surface area contributed by atoms with Crippen molar-refractivity contribution in [2.75, 3.05) is 33.5 Å². The Morgan fingerprint density at radius 1 is 1.28 bits per heavy atom. The lowest BCUT2D eigenvalue weighted by Gasteiger charge is -2.18. The zero-order valence-electron chi connectivity index (χ0n) is 11.7. The highest BCUT2D eigenvalue weighted by atomic mass is 16.5. The molecule has 108 valence electrons. The van der Waals surface area contributed by atoms with Crippen LogP contribution in [0.2, 0.25) is 0 Å². The van der Waals surface area contributed by atoms with Crippen molar-refractivity contribution in [3.05, 3.63) is 0 Å². The van der Waals surface area contributed by atoms with Gasteiger partial charge in [0.1, 0.15) is 0 Å². The molecule has 0 aliphatic carbocycles. The first-order valence-corrected chi connectivity index (χ1v) is 6.25. The third kappa shape index (κ3) is 9.35. The van der Waals surface area contributed by atoms with Crippen LogP contribution >= 0.6 is 0 Å². The highest BCUT2D eigenvalue weighted by Crippen LogP contribution is 1.89. The molecule has 0 saturated carbocycles. The summed E-state index contributed by atoms with van der Waals surface area (Å²) in [7, 11) is 1.59. The van der Waals surface area contributed by atoms with E-state index in [9.17, 15) is 9.90 Å². The summed E-state index contributed by atoms with van der Waals surface area (Å²) in [4.78, 5) is 11.6. The molecule has 2 unspecified atom stereocenters. The Morgan fingerprint density at radius 2 is 1.94 bits per heavy atom. The number of ether oxygens (including phenoxy) is 2. The van der Waals surface area contributed by atoms with Crippen molar-refractivity contribution in [2.45, 2.75) is 39.0 Å². The number of hydrogen-bond acceptors (Lipinski definition) is 5. The Hall–Kier alpha value is -0.690. The lowest BCUT2D eigenvalue weighted by molar-refractivity contribution is -0.123. The van der Waals surface area contributed by atoms with Gasteiger partial charge in [-0.1, -0.05) is 0 Å². The van der Waals surface area contributed by atoms with Gasteiger partial charge in [-0.15, -0.1) is 0 Å². The second-order valence-corrected chi connectivity index (χ2v) is 4.51. The smallest absolute Gasteiger partial charge is 0.237 e. The molecule has 0 bridgehead atoms. The van der Waals surface area contributed by atoms with Gasteiger partial charge in [-0.05, 0) is 20.8 Å². The summed E-state index contributed by atoms with van der Waals surface area (Å²) in [5, 5.41) is 15.4. The second kappa shape index (κ2) is 10.3. The number of aliphatic hydroxyl groups excluding tert-OH is 1. The van der Waals surface area contributed by atoms with Crippen molar-refractivity contribution in [1.82, 2.24) is 10.6 Å². The quantitative estimate of drug-likeness (QED) is 0.463. The first-order valence-electron chi connectivity index (χ1n) is 6.25. The predicted molar refractivity (Wildman–Crippen MR) is 69.4 cm³/mol. The molecule has 0 saturated heterocycles. The normalized spacial score (nSPS) is 14.6. The van der Waals surface area contributed by atoms with E-state index in [4.69, 9.17) is 9.47 Å². The molecule has 1 amide bonds. The summed E-state index contributed by atoms with van der Waals surface area (Å²) >= 11 is 0. The molecule has 3 N–H and O–H groups in total. The first kappa shape index (κ1) is 17.3. The van der Waals surface area contributed by atoms with Crippen LogP contribution in [0.1, 0.15) is 20.8 Å². The van der Waals surface area contributed by atoms with Crippen LogP contribution in [0.5, 0.6) is 0 Å². The van der Waals surface area contributed by atoms with E-state index in [0.29, 0.717) is 19.8 Å². The topological polar surface area (TPSA) is 79.8 Å². The standard InChI is InChI=1S/C12H26N2O4/c1-9(2)14-12(16)10(3)13-7-11(15)8-18-6-5-17-4/h9-11,13,15H,5-8H2,1-4H3,(H,14,16). The van der Waals surface area contributed by atoms with Crippen LogP contribution in [-0.4, -0.2) is 62.7 Å². The zero-order valence-corrected chi connectivity index (χ0v) is 11.7. The Bertz CT molecular complexity index is 224. The molecule has 0 aromatic rings.